The Morgan fingerprint density at radius 2 is 1.67 bits per heavy atom. The Hall–Kier alpha value is -4.83. The molecule has 10 heteroatoms. The number of hydrogen-bond acceptors (Lipinski definition) is 7. The summed E-state index contributed by atoms with van der Waals surface area (Å²) in [5.41, 5.74) is 14.4. The molecular formula is C35H41N5O5. The normalized spacial score (nSPS) is 14.8. The number of carbonyl (C=O) groups excluding carboxylic acids is 4. The van der Waals surface area contributed by atoms with Crippen LogP contribution in [0.15, 0.2) is 84.8 Å². The second-order valence-corrected chi connectivity index (χ2v) is 12.5. The number of hydrogen-bond donors (Lipinski definition) is 4. The monoisotopic (exact) mass is 611 g/mol. The molecule has 0 fully saturated rings. The van der Waals surface area contributed by atoms with E-state index in [9.17, 15) is 24.3 Å². The molecule has 1 aliphatic heterocycles. The van der Waals surface area contributed by atoms with Gasteiger partial charge >= 0.3 is 0 Å². The molecule has 1 aromatic heterocycles. The van der Waals surface area contributed by atoms with Crippen molar-refractivity contribution in [3.05, 3.63) is 107 Å². The van der Waals surface area contributed by atoms with Gasteiger partial charge in [-0.3, -0.25) is 24.2 Å². The molecule has 0 unspecified atom stereocenters. The number of Topliss-reactive ketones (excluding diaryl/α,β-unsaturated/α-hetero) is 1. The van der Waals surface area contributed by atoms with E-state index >= 15 is 0 Å². The number of aromatic nitrogens is 1. The van der Waals surface area contributed by atoms with Crippen molar-refractivity contribution in [3.63, 3.8) is 0 Å². The third-order valence-electron chi connectivity index (χ3n) is 7.76. The summed E-state index contributed by atoms with van der Waals surface area (Å²) >= 11 is 0. The third kappa shape index (κ3) is 8.63. The second kappa shape index (κ2) is 14.3. The van der Waals surface area contributed by atoms with Crippen LogP contribution in [0.5, 0.6) is 0 Å². The number of para-hydroxylation sites is 1. The van der Waals surface area contributed by atoms with Crippen LogP contribution in [0.2, 0.25) is 0 Å². The number of carbonyl (C=O) groups is 4. The minimum atomic E-state index is -1.13. The highest BCUT2D eigenvalue weighted by atomic mass is 16.3. The lowest BCUT2D eigenvalue weighted by Gasteiger charge is -2.37. The molecule has 0 radical (unpaired) electrons. The first-order valence-electron chi connectivity index (χ1n) is 15.0. The summed E-state index contributed by atoms with van der Waals surface area (Å²) < 4.78 is 0. The summed E-state index contributed by atoms with van der Waals surface area (Å²) in [4.78, 5) is 57.9. The van der Waals surface area contributed by atoms with Gasteiger partial charge in [-0.25, -0.2) is 0 Å². The smallest absolute Gasteiger partial charge is 0.265 e. The predicted molar refractivity (Wildman–Crippen MR) is 172 cm³/mol. The quantitative estimate of drug-likeness (QED) is 0.230. The van der Waals surface area contributed by atoms with Gasteiger partial charge < -0.3 is 26.8 Å². The highest BCUT2D eigenvalue weighted by Crippen LogP contribution is 2.34. The van der Waals surface area contributed by atoms with Crippen molar-refractivity contribution < 1.29 is 24.3 Å². The van der Waals surface area contributed by atoms with Gasteiger partial charge in [0.15, 0.2) is 5.78 Å². The number of amides is 3. The molecule has 1 aliphatic rings. The fraction of sp³-hybridized carbons (Fsp3) is 0.343. The largest absolute Gasteiger partial charge is 0.392 e. The number of nitrogens with zero attached hydrogens (tertiary/aromatic N) is 2. The molecule has 3 atom stereocenters. The molecule has 3 amide bonds. The molecule has 0 saturated heterocycles. The van der Waals surface area contributed by atoms with Crippen molar-refractivity contribution in [1.82, 2.24) is 10.3 Å². The van der Waals surface area contributed by atoms with Gasteiger partial charge in [-0.2, -0.15) is 0 Å². The van der Waals surface area contributed by atoms with Gasteiger partial charge in [0.05, 0.1) is 12.5 Å². The van der Waals surface area contributed by atoms with Crippen molar-refractivity contribution in [3.8, 4) is 0 Å². The Balaban J connectivity index is 1.68. The summed E-state index contributed by atoms with van der Waals surface area (Å²) in [7, 11) is 0. The fourth-order valence-electron chi connectivity index (χ4n) is 5.73. The van der Waals surface area contributed by atoms with Crippen LogP contribution in [0.4, 0.5) is 5.69 Å². The number of fused-ring (bicyclic) bond motifs is 1. The number of primary amides is 2. The van der Waals surface area contributed by atoms with E-state index in [-0.39, 0.29) is 36.6 Å². The molecule has 2 heterocycles. The van der Waals surface area contributed by atoms with Crippen LogP contribution in [0.25, 0.3) is 0 Å². The predicted octanol–water partition coefficient (Wildman–Crippen LogP) is 3.01. The number of allylic oxidation sites excluding steroid dienone is 1. The Morgan fingerprint density at radius 3 is 2.33 bits per heavy atom. The van der Waals surface area contributed by atoms with Crippen molar-refractivity contribution in [1.29, 1.82) is 0 Å². The fourth-order valence-corrected chi connectivity index (χ4v) is 5.73. The number of ketones is 1. The number of pyridine rings is 1. The number of nitrogens with two attached hydrogens (primary N) is 2. The maximum atomic E-state index is 14.2. The summed E-state index contributed by atoms with van der Waals surface area (Å²) in [5, 5.41) is 14.7. The molecule has 0 saturated carbocycles. The van der Waals surface area contributed by atoms with Crippen molar-refractivity contribution in [2.45, 2.75) is 70.6 Å². The van der Waals surface area contributed by atoms with E-state index in [0.29, 0.717) is 29.7 Å². The summed E-state index contributed by atoms with van der Waals surface area (Å²) in [6.45, 7) is 5.67. The number of benzene rings is 2. The third-order valence-corrected chi connectivity index (χ3v) is 7.76. The summed E-state index contributed by atoms with van der Waals surface area (Å²) in [6.07, 6.45) is 4.25. The molecule has 0 spiro atoms. The standard InChI is InChI=1S/C35H41N5O5/c1-35(2,3)39-34(45)26-12-6-4-11-24(26)18-30(41)25(17-22-9-8-16-38-21-22)19-31(42)29(20-32(36)43)40-27-13-7-5-10-23(27)14-15-28(40)33(37)44/h4-13,15-16,21,25,29-30,41H,14,17-20H2,1-3H3,(H2,36,43)(H2,37,44)(H,39,45)/t25-,29+,30+/m1/s1. The molecule has 0 aliphatic carbocycles. The van der Waals surface area contributed by atoms with Crippen LogP contribution in [-0.2, 0) is 33.6 Å². The van der Waals surface area contributed by atoms with Crippen LogP contribution >= 0.6 is 0 Å². The van der Waals surface area contributed by atoms with E-state index in [1.165, 1.54) is 4.90 Å². The van der Waals surface area contributed by atoms with Crippen LogP contribution < -0.4 is 21.7 Å². The number of nitrogens with one attached hydrogen (secondary N) is 1. The molecule has 3 aromatic rings. The average Bonchev–Trinajstić information content (AvgIpc) is 2.98. The zero-order chi connectivity index (χ0) is 32.7. The molecule has 2 aromatic carbocycles. The number of aliphatic hydroxyl groups excluding tert-OH is 1. The van der Waals surface area contributed by atoms with E-state index in [1.807, 2.05) is 39.0 Å². The topological polar surface area (TPSA) is 169 Å². The van der Waals surface area contributed by atoms with Crippen LogP contribution in [0, 0.1) is 5.92 Å². The highest BCUT2D eigenvalue weighted by molar-refractivity contribution is 6.02. The first kappa shape index (κ1) is 33.1. The Morgan fingerprint density at radius 1 is 0.956 bits per heavy atom. The average molecular weight is 612 g/mol. The molecular weight excluding hydrogens is 570 g/mol. The molecule has 0 bridgehead atoms. The number of rotatable bonds is 13. The summed E-state index contributed by atoms with van der Waals surface area (Å²) in [5.74, 6) is -2.73. The zero-order valence-electron chi connectivity index (χ0n) is 25.9. The van der Waals surface area contributed by atoms with Gasteiger partial charge in [0.2, 0.25) is 5.91 Å². The molecule has 6 N–H and O–H groups in total. The maximum Gasteiger partial charge on any atom is 0.265 e. The SMILES string of the molecule is CC(C)(C)NC(=O)c1ccccc1C[C@H](O)[C@@H](CC(=O)[C@H](CC(N)=O)N1C(C(N)=O)=CCc2ccccc21)Cc1cccnc1. The van der Waals surface area contributed by atoms with Gasteiger partial charge in [-0.1, -0.05) is 48.5 Å². The lowest BCUT2D eigenvalue weighted by Crippen LogP contribution is -2.48. The number of aliphatic hydroxyl groups is 1. The van der Waals surface area contributed by atoms with Gasteiger partial charge in [0, 0.05) is 35.6 Å². The number of anilines is 1. The van der Waals surface area contributed by atoms with Gasteiger partial charge in [-0.15, -0.1) is 0 Å². The Kier molecular flexibility index (Phi) is 10.5. The molecule has 4 rings (SSSR count). The van der Waals surface area contributed by atoms with Crippen molar-refractivity contribution in [2.75, 3.05) is 4.90 Å². The molecule has 236 valence electrons. The Bertz CT molecular complexity index is 1580. The van der Waals surface area contributed by atoms with Crippen molar-refractivity contribution >= 4 is 29.2 Å². The van der Waals surface area contributed by atoms with E-state index in [0.717, 1.165) is 11.1 Å². The minimum Gasteiger partial charge on any atom is -0.392 e. The van der Waals surface area contributed by atoms with Gasteiger partial charge in [0.1, 0.15) is 11.7 Å². The summed E-state index contributed by atoms with van der Waals surface area (Å²) in [6, 6.07) is 16.8. The first-order valence-corrected chi connectivity index (χ1v) is 15.0. The minimum absolute atomic E-state index is 0.103. The van der Waals surface area contributed by atoms with E-state index in [2.05, 4.69) is 10.3 Å². The zero-order valence-corrected chi connectivity index (χ0v) is 25.9. The molecule has 45 heavy (non-hydrogen) atoms. The van der Waals surface area contributed by atoms with E-state index < -0.39 is 35.4 Å². The first-order chi connectivity index (χ1) is 21.3. The van der Waals surface area contributed by atoms with E-state index in [1.54, 1.807) is 60.9 Å². The van der Waals surface area contributed by atoms with Crippen LogP contribution in [-0.4, -0.2) is 51.3 Å². The molecule has 10 nitrogen and oxygen atoms in total. The van der Waals surface area contributed by atoms with Gasteiger partial charge in [-0.05, 0) is 80.8 Å². The second-order valence-electron chi connectivity index (χ2n) is 12.5. The highest BCUT2D eigenvalue weighted by Gasteiger charge is 2.37. The van der Waals surface area contributed by atoms with Crippen LogP contribution in [0.3, 0.4) is 0 Å². The maximum absolute atomic E-state index is 14.2. The lowest BCUT2D eigenvalue weighted by molar-refractivity contribution is -0.126. The lowest BCUT2D eigenvalue weighted by atomic mass is 9.83. The van der Waals surface area contributed by atoms with Crippen LogP contribution in [0.1, 0.15) is 60.7 Å². The van der Waals surface area contributed by atoms with Gasteiger partial charge in [0.25, 0.3) is 11.8 Å². The Labute approximate surface area is 263 Å². The van der Waals surface area contributed by atoms with Crippen molar-refractivity contribution in [2.24, 2.45) is 17.4 Å². The van der Waals surface area contributed by atoms with E-state index in [4.69, 9.17) is 11.5 Å².